The lowest BCUT2D eigenvalue weighted by Crippen LogP contribution is -2.44. The fourth-order valence-electron chi connectivity index (χ4n) is 3.62. The average Bonchev–Trinajstić information content (AvgIpc) is 2.18. The molecule has 0 aromatic heterocycles. The minimum atomic E-state index is -0.417. The monoisotopic (exact) mass is 168 g/mol. The Balaban J connectivity index is 2.47. The van der Waals surface area contributed by atoms with Crippen LogP contribution in [0.25, 0.3) is 0 Å². The Kier molecular flexibility index (Phi) is 1.35. The van der Waals surface area contributed by atoms with Crippen LogP contribution < -0.4 is 0 Å². The largest absolute Gasteiger partial charge is 0.390 e. The van der Waals surface area contributed by atoms with Crippen LogP contribution in [-0.4, -0.2) is 10.7 Å². The molecule has 1 N–H and O–H groups in total. The molecule has 0 aromatic carbocycles. The molecule has 3 atom stereocenters. The molecule has 0 amide bonds. The third-order valence-corrected chi connectivity index (χ3v) is 5.27. The molecule has 1 heteroatoms. The van der Waals surface area contributed by atoms with E-state index in [1.54, 1.807) is 0 Å². The van der Waals surface area contributed by atoms with Crippen LogP contribution in [0.3, 0.4) is 0 Å². The summed E-state index contributed by atoms with van der Waals surface area (Å²) in [6.07, 6.45) is 3.54. The number of rotatable bonds is 0. The Hall–Kier alpha value is -0.0400. The van der Waals surface area contributed by atoms with Crippen LogP contribution in [0, 0.1) is 16.7 Å². The first-order valence-corrected chi connectivity index (χ1v) is 5.04. The maximum absolute atomic E-state index is 10.3. The van der Waals surface area contributed by atoms with Crippen molar-refractivity contribution in [3.8, 4) is 0 Å². The van der Waals surface area contributed by atoms with Crippen LogP contribution >= 0.6 is 0 Å². The van der Waals surface area contributed by atoms with Crippen molar-refractivity contribution in [3.63, 3.8) is 0 Å². The molecular formula is C11H20O. The third kappa shape index (κ3) is 0.654. The van der Waals surface area contributed by atoms with E-state index in [2.05, 4.69) is 20.8 Å². The van der Waals surface area contributed by atoms with Gasteiger partial charge in [-0.2, -0.15) is 0 Å². The van der Waals surface area contributed by atoms with Crippen LogP contribution in [0.15, 0.2) is 0 Å². The highest BCUT2D eigenvalue weighted by atomic mass is 16.3. The zero-order valence-corrected chi connectivity index (χ0v) is 8.65. The van der Waals surface area contributed by atoms with E-state index in [0.717, 1.165) is 12.3 Å². The first kappa shape index (κ1) is 8.55. The van der Waals surface area contributed by atoms with Crippen molar-refractivity contribution in [1.82, 2.24) is 0 Å². The normalized spacial score (nSPS) is 56.2. The summed E-state index contributed by atoms with van der Waals surface area (Å²) in [6, 6.07) is 0. The van der Waals surface area contributed by atoms with Crippen LogP contribution in [0.5, 0.6) is 0 Å². The minimum Gasteiger partial charge on any atom is -0.390 e. The Morgan fingerprint density at radius 3 is 1.92 bits per heavy atom. The van der Waals surface area contributed by atoms with Gasteiger partial charge in [0.1, 0.15) is 0 Å². The van der Waals surface area contributed by atoms with Gasteiger partial charge in [-0.15, -0.1) is 0 Å². The van der Waals surface area contributed by atoms with Crippen molar-refractivity contribution in [2.24, 2.45) is 16.7 Å². The number of fused-ring (bicyclic) bond motifs is 2. The summed E-state index contributed by atoms with van der Waals surface area (Å²) >= 11 is 0. The molecule has 70 valence electrons. The van der Waals surface area contributed by atoms with Crippen LogP contribution in [0.1, 0.15) is 47.0 Å². The topological polar surface area (TPSA) is 20.2 Å². The summed E-state index contributed by atoms with van der Waals surface area (Å²) in [5.41, 5.74) is 0.0839. The maximum Gasteiger partial charge on any atom is 0.0681 e. The van der Waals surface area contributed by atoms with Crippen LogP contribution in [0.4, 0.5) is 0 Å². The summed E-state index contributed by atoms with van der Waals surface area (Å²) in [5.74, 6) is 0.748. The second kappa shape index (κ2) is 1.89. The van der Waals surface area contributed by atoms with E-state index in [1.165, 1.54) is 12.8 Å². The lowest BCUT2D eigenvalue weighted by molar-refractivity contribution is -0.0745. The molecule has 2 saturated carbocycles. The van der Waals surface area contributed by atoms with E-state index in [1.807, 2.05) is 6.92 Å². The first-order valence-electron chi connectivity index (χ1n) is 5.04. The van der Waals surface area contributed by atoms with E-state index in [9.17, 15) is 5.11 Å². The lowest BCUT2D eigenvalue weighted by Gasteiger charge is -2.43. The smallest absolute Gasteiger partial charge is 0.0681 e. The van der Waals surface area contributed by atoms with Gasteiger partial charge in [0.25, 0.3) is 0 Å². The first-order chi connectivity index (χ1) is 5.31. The minimum absolute atomic E-state index is 0.157. The van der Waals surface area contributed by atoms with Crippen molar-refractivity contribution in [1.29, 1.82) is 0 Å². The van der Waals surface area contributed by atoms with Crippen molar-refractivity contribution >= 4 is 0 Å². The fraction of sp³-hybridized carbons (Fsp3) is 1.00. The Morgan fingerprint density at radius 2 is 1.75 bits per heavy atom. The Labute approximate surface area is 75.2 Å². The highest BCUT2D eigenvalue weighted by Gasteiger charge is 2.66. The fourth-order valence-corrected chi connectivity index (χ4v) is 3.62. The second-order valence-corrected chi connectivity index (χ2v) is 5.77. The molecular weight excluding hydrogens is 148 g/mol. The lowest BCUT2D eigenvalue weighted by atomic mass is 9.65. The van der Waals surface area contributed by atoms with Crippen molar-refractivity contribution < 1.29 is 5.11 Å². The number of aliphatic hydroxyl groups is 1. The predicted molar refractivity (Wildman–Crippen MR) is 49.9 cm³/mol. The van der Waals surface area contributed by atoms with E-state index in [0.29, 0.717) is 5.41 Å². The van der Waals surface area contributed by atoms with Crippen molar-refractivity contribution in [3.05, 3.63) is 0 Å². The Morgan fingerprint density at radius 1 is 1.17 bits per heavy atom. The molecule has 12 heavy (non-hydrogen) atoms. The summed E-state index contributed by atoms with van der Waals surface area (Å²) in [7, 11) is 0. The van der Waals surface area contributed by atoms with E-state index in [-0.39, 0.29) is 5.41 Å². The van der Waals surface area contributed by atoms with Gasteiger partial charge in [0.15, 0.2) is 0 Å². The van der Waals surface area contributed by atoms with E-state index >= 15 is 0 Å². The summed E-state index contributed by atoms with van der Waals surface area (Å²) in [6.45, 7) is 8.94. The van der Waals surface area contributed by atoms with E-state index < -0.39 is 5.60 Å². The molecule has 2 bridgehead atoms. The molecule has 2 aliphatic carbocycles. The molecule has 2 unspecified atom stereocenters. The average molecular weight is 168 g/mol. The van der Waals surface area contributed by atoms with Gasteiger partial charge >= 0.3 is 0 Å². The molecule has 0 aliphatic heterocycles. The van der Waals surface area contributed by atoms with Gasteiger partial charge in [0.05, 0.1) is 5.60 Å². The molecule has 2 rings (SSSR count). The third-order valence-electron chi connectivity index (χ3n) is 5.27. The molecule has 2 fully saturated rings. The van der Waals surface area contributed by atoms with Gasteiger partial charge in [-0.1, -0.05) is 20.8 Å². The van der Waals surface area contributed by atoms with Crippen LogP contribution in [-0.2, 0) is 0 Å². The molecule has 1 nitrogen and oxygen atoms in total. The van der Waals surface area contributed by atoms with Crippen molar-refractivity contribution in [2.75, 3.05) is 0 Å². The summed E-state index contributed by atoms with van der Waals surface area (Å²) in [5, 5.41) is 10.3. The SMILES string of the molecule is CC1(O)CC2CC[C@]1(C)C2(C)C. The molecule has 2 aliphatic rings. The molecule has 0 saturated heterocycles. The summed E-state index contributed by atoms with van der Waals surface area (Å²) in [4.78, 5) is 0. The van der Waals surface area contributed by atoms with Gasteiger partial charge in [-0.05, 0) is 37.5 Å². The Bertz CT molecular complexity index is 217. The van der Waals surface area contributed by atoms with Gasteiger partial charge < -0.3 is 5.11 Å². The second-order valence-electron chi connectivity index (χ2n) is 5.77. The maximum atomic E-state index is 10.3. The number of hydrogen-bond donors (Lipinski definition) is 1. The van der Waals surface area contributed by atoms with Gasteiger partial charge in [-0.25, -0.2) is 0 Å². The number of hydrogen-bond acceptors (Lipinski definition) is 1. The highest BCUT2D eigenvalue weighted by Crippen LogP contribution is 2.69. The van der Waals surface area contributed by atoms with E-state index in [4.69, 9.17) is 0 Å². The predicted octanol–water partition coefficient (Wildman–Crippen LogP) is 2.58. The van der Waals surface area contributed by atoms with Gasteiger partial charge in [-0.3, -0.25) is 0 Å². The van der Waals surface area contributed by atoms with Crippen LogP contribution in [0.2, 0.25) is 0 Å². The standard InChI is InChI=1S/C11H20O/c1-9(2)8-5-6-10(9,3)11(4,12)7-8/h8,12H,5-7H2,1-4H3/t8?,10-,11?/m1/s1. The van der Waals surface area contributed by atoms with Gasteiger partial charge in [0.2, 0.25) is 0 Å². The van der Waals surface area contributed by atoms with Gasteiger partial charge in [0, 0.05) is 5.41 Å². The zero-order chi connectivity index (χ0) is 9.20. The quantitative estimate of drug-likeness (QED) is 0.589. The molecule has 0 heterocycles. The van der Waals surface area contributed by atoms with Crippen molar-refractivity contribution in [2.45, 2.75) is 52.6 Å². The molecule has 0 radical (unpaired) electrons. The molecule has 0 aromatic rings. The summed E-state index contributed by atoms with van der Waals surface area (Å²) < 4.78 is 0. The zero-order valence-electron chi connectivity index (χ0n) is 8.65. The molecule has 0 spiro atoms. The highest BCUT2D eigenvalue weighted by molar-refractivity contribution is 5.16.